The van der Waals surface area contributed by atoms with Crippen LogP contribution in [0.25, 0.3) is 16.8 Å². The number of fused-ring (bicyclic) bond motifs is 1. The molecule has 6 heteroatoms. The molecule has 0 fully saturated rings. The Morgan fingerprint density at radius 2 is 1.91 bits per heavy atom. The average Bonchev–Trinajstić information content (AvgIpc) is 3.13. The number of rotatable bonds is 7. The summed E-state index contributed by atoms with van der Waals surface area (Å²) in [6.07, 6.45) is 1.67. The van der Waals surface area contributed by atoms with Gasteiger partial charge in [0.1, 0.15) is 6.61 Å². The molecular formula is C26H22BrNO4. The molecular weight excluding hydrogens is 470 g/mol. The number of carbonyl (C=O) groups excluding carboxylic acids is 1. The molecule has 32 heavy (non-hydrogen) atoms. The lowest BCUT2D eigenvalue weighted by Gasteiger charge is -2.14. The SMILES string of the molecule is C=C(C)COc1c(Br)cc(/C=C2\N=C(c3ccc4ccccc4c3)OC2=O)cc1OCC. The molecule has 0 saturated heterocycles. The summed E-state index contributed by atoms with van der Waals surface area (Å²) in [4.78, 5) is 16.9. The molecule has 0 amide bonds. The molecule has 0 bridgehead atoms. The first-order valence-electron chi connectivity index (χ1n) is 10.2. The number of carbonyl (C=O) groups is 1. The summed E-state index contributed by atoms with van der Waals surface area (Å²) in [6.45, 7) is 8.51. The molecule has 0 saturated carbocycles. The molecule has 3 aromatic carbocycles. The molecule has 0 spiro atoms. The van der Waals surface area contributed by atoms with Crippen LogP contribution in [-0.2, 0) is 9.53 Å². The van der Waals surface area contributed by atoms with E-state index in [0.717, 1.165) is 27.5 Å². The molecule has 0 N–H and O–H groups in total. The third-order valence-corrected chi connectivity index (χ3v) is 5.30. The van der Waals surface area contributed by atoms with Crippen LogP contribution >= 0.6 is 15.9 Å². The summed E-state index contributed by atoms with van der Waals surface area (Å²) in [7, 11) is 0. The predicted molar refractivity (Wildman–Crippen MR) is 130 cm³/mol. The molecule has 0 radical (unpaired) electrons. The maximum atomic E-state index is 12.5. The van der Waals surface area contributed by atoms with E-state index < -0.39 is 5.97 Å². The van der Waals surface area contributed by atoms with E-state index in [1.165, 1.54) is 0 Å². The maximum Gasteiger partial charge on any atom is 0.363 e. The van der Waals surface area contributed by atoms with Gasteiger partial charge in [0.2, 0.25) is 5.90 Å². The van der Waals surface area contributed by atoms with Crippen LogP contribution in [0.3, 0.4) is 0 Å². The minimum Gasteiger partial charge on any atom is -0.490 e. The van der Waals surface area contributed by atoms with Gasteiger partial charge in [-0.2, -0.15) is 0 Å². The van der Waals surface area contributed by atoms with Crippen molar-refractivity contribution in [2.24, 2.45) is 4.99 Å². The highest BCUT2D eigenvalue weighted by Gasteiger charge is 2.24. The van der Waals surface area contributed by atoms with Crippen molar-refractivity contribution in [1.29, 1.82) is 0 Å². The number of nitrogens with zero attached hydrogens (tertiary/aromatic N) is 1. The second-order valence-corrected chi connectivity index (χ2v) is 8.26. The first-order chi connectivity index (χ1) is 15.4. The second-order valence-electron chi connectivity index (χ2n) is 7.41. The van der Waals surface area contributed by atoms with Crippen molar-refractivity contribution in [3.63, 3.8) is 0 Å². The van der Waals surface area contributed by atoms with Gasteiger partial charge in [0, 0.05) is 5.56 Å². The van der Waals surface area contributed by atoms with Crippen molar-refractivity contribution in [2.75, 3.05) is 13.2 Å². The Kier molecular flexibility index (Phi) is 6.42. The molecule has 162 valence electrons. The van der Waals surface area contributed by atoms with Crippen LogP contribution in [0, 0.1) is 0 Å². The average molecular weight is 492 g/mol. The standard InChI is InChI=1S/C26H22BrNO4/c1-4-30-23-13-17(11-21(27)24(23)31-15-16(2)3)12-22-26(29)32-25(28-22)20-10-9-18-7-5-6-8-19(18)14-20/h5-14H,2,4,15H2,1,3H3/b22-12-. The Balaban J connectivity index is 1.66. The highest BCUT2D eigenvalue weighted by atomic mass is 79.9. The Morgan fingerprint density at radius 3 is 2.66 bits per heavy atom. The minimum absolute atomic E-state index is 0.220. The second kappa shape index (κ2) is 9.40. The molecule has 3 aromatic rings. The number of benzene rings is 3. The van der Waals surface area contributed by atoms with Crippen molar-refractivity contribution < 1.29 is 19.0 Å². The summed E-state index contributed by atoms with van der Waals surface area (Å²) in [5.74, 6) is 0.953. The topological polar surface area (TPSA) is 57.1 Å². The zero-order valence-electron chi connectivity index (χ0n) is 17.9. The fourth-order valence-corrected chi connectivity index (χ4v) is 3.86. The van der Waals surface area contributed by atoms with Crippen LogP contribution in [0.5, 0.6) is 11.5 Å². The van der Waals surface area contributed by atoms with Crippen LogP contribution < -0.4 is 9.47 Å². The number of aliphatic imine (C=N–C) groups is 1. The van der Waals surface area contributed by atoms with Crippen molar-refractivity contribution in [3.8, 4) is 11.5 Å². The van der Waals surface area contributed by atoms with Crippen molar-refractivity contribution in [2.45, 2.75) is 13.8 Å². The Labute approximate surface area is 195 Å². The van der Waals surface area contributed by atoms with Gasteiger partial charge in [-0.3, -0.25) is 0 Å². The fourth-order valence-electron chi connectivity index (χ4n) is 3.28. The van der Waals surface area contributed by atoms with Crippen molar-refractivity contribution >= 4 is 44.6 Å². The lowest BCUT2D eigenvalue weighted by Crippen LogP contribution is -2.05. The largest absolute Gasteiger partial charge is 0.490 e. The molecule has 0 aromatic heterocycles. The van der Waals surface area contributed by atoms with E-state index in [1.54, 1.807) is 6.08 Å². The van der Waals surface area contributed by atoms with Gasteiger partial charge in [-0.25, -0.2) is 9.79 Å². The smallest absolute Gasteiger partial charge is 0.363 e. The molecule has 1 heterocycles. The van der Waals surface area contributed by atoms with E-state index in [-0.39, 0.29) is 11.6 Å². The van der Waals surface area contributed by atoms with Gasteiger partial charge in [-0.15, -0.1) is 0 Å². The number of hydrogen-bond donors (Lipinski definition) is 0. The summed E-state index contributed by atoms with van der Waals surface area (Å²) in [6, 6.07) is 17.5. The highest BCUT2D eigenvalue weighted by Crippen LogP contribution is 2.38. The lowest BCUT2D eigenvalue weighted by atomic mass is 10.1. The third-order valence-electron chi connectivity index (χ3n) is 4.71. The number of cyclic esters (lactones) is 1. The highest BCUT2D eigenvalue weighted by molar-refractivity contribution is 9.10. The monoisotopic (exact) mass is 491 g/mol. The number of hydrogen-bond acceptors (Lipinski definition) is 5. The molecule has 1 aliphatic rings. The Hall–Kier alpha value is -3.38. The number of halogens is 1. The minimum atomic E-state index is -0.496. The maximum absolute atomic E-state index is 12.5. The van der Waals surface area contributed by atoms with Gasteiger partial charge in [0.15, 0.2) is 17.2 Å². The van der Waals surface area contributed by atoms with Gasteiger partial charge in [-0.05, 0) is 82.0 Å². The molecule has 0 unspecified atom stereocenters. The van der Waals surface area contributed by atoms with Crippen molar-refractivity contribution in [3.05, 3.63) is 88.0 Å². The van der Waals surface area contributed by atoms with E-state index in [1.807, 2.05) is 68.4 Å². The molecule has 1 aliphatic heterocycles. The normalized spacial score (nSPS) is 14.4. The summed E-state index contributed by atoms with van der Waals surface area (Å²) in [5.41, 5.74) is 2.60. The van der Waals surface area contributed by atoms with Crippen LogP contribution in [0.1, 0.15) is 25.0 Å². The molecule has 4 rings (SSSR count). The number of ether oxygens (including phenoxy) is 3. The van der Waals surface area contributed by atoms with Gasteiger partial charge >= 0.3 is 5.97 Å². The third kappa shape index (κ3) is 4.75. The predicted octanol–water partition coefficient (Wildman–Crippen LogP) is 6.30. The summed E-state index contributed by atoms with van der Waals surface area (Å²) >= 11 is 3.54. The number of esters is 1. The van der Waals surface area contributed by atoms with E-state index in [9.17, 15) is 4.79 Å². The summed E-state index contributed by atoms with van der Waals surface area (Å²) in [5, 5.41) is 2.16. The Morgan fingerprint density at radius 1 is 1.12 bits per heavy atom. The quantitative estimate of drug-likeness (QED) is 0.221. The van der Waals surface area contributed by atoms with Gasteiger partial charge in [0.05, 0.1) is 11.1 Å². The molecule has 5 nitrogen and oxygen atoms in total. The zero-order chi connectivity index (χ0) is 22.7. The summed E-state index contributed by atoms with van der Waals surface area (Å²) < 4.78 is 17.7. The van der Waals surface area contributed by atoms with Crippen LogP contribution in [0.4, 0.5) is 0 Å². The van der Waals surface area contributed by atoms with Crippen LogP contribution in [-0.4, -0.2) is 25.1 Å². The van der Waals surface area contributed by atoms with E-state index >= 15 is 0 Å². The van der Waals surface area contributed by atoms with Crippen LogP contribution in [0.2, 0.25) is 0 Å². The van der Waals surface area contributed by atoms with Gasteiger partial charge in [0.25, 0.3) is 0 Å². The Bertz CT molecular complexity index is 1280. The van der Waals surface area contributed by atoms with Gasteiger partial charge < -0.3 is 14.2 Å². The first kappa shape index (κ1) is 21.8. The lowest BCUT2D eigenvalue weighted by molar-refractivity contribution is -0.129. The zero-order valence-corrected chi connectivity index (χ0v) is 19.4. The molecule has 0 atom stereocenters. The van der Waals surface area contributed by atoms with E-state index in [4.69, 9.17) is 14.2 Å². The van der Waals surface area contributed by atoms with Crippen molar-refractivity contribution in [1.82, 2.24) is 0 Å². The fraction of sp³-hybridized carbons (Fsp3) is 0.154. The van der Waals surface area contributed by atoms with Crippen LogP contribution in [0.15, 0.2) is 81.9 Å². The molecule has 0 aliphatic carbocycles. The van der Waals surface area contributed by atoms with E-state index in [0.29, 0.717) is 29.2 Å². The van der Waals surface area contributed by atoms with E-state index in [2.05, 4.69) is 27.5 Å². The first-order valence-corrected chi connectivity index (χ1v) is 11.0. The van der Waals surface area contributed by atoms with Gasteiger partial charge in [-0.1, -0.05) is 36.9 Å².